The second-order valence-corrected chi connectivity index (χ2v) is 4.27. The van der Waals surface area contributed by atoms with Gasteiger partial charge in [-0.1, -0.05) is 11.6 Å². The van der Waals surface area contributed by atoms with Gasteiger partial charge in [0.15, 0.2) is 11.5 Å². The van der Waals surface area contributed by atoms with Gasteiger partial charge in [0.25, 0.3) is 0 Å². The highest BCUT2D eigenvalue weighted by molar-refractivity contribution is 6.32. The summed E-state index contributed by atoms with van der Waals surface area (Å²) in [6.45, 7) is 0. The number of benzene rings is 1. The number of hydrogen-bond donors (Lipinski definition) is 2. The highest BCUT2D eigenvalue weighted by atomic mass is 35.5. The smallest absolute Gasteiger partial charge is 0.314 e. The quantitative estimate of drug-likeness (QED) is 0.853. The monoisotopic (exact) mass is 242 g/mol. The fraction of sp³-hybridized carbons (Fsp3) is 0.364. The van der Waals surface area contributed by atoms with Crippen LogP contribution in [0, 0.1) is 0 Å². The number of carboxylic acid groups (broad SMARTS) is 1. The first-order chi connectivity index (χ1) is 7.53. The fourth-order valence-electron chi connectivity index (χ4n) is 1.86. The second-order valence-electron chi connectivity index (χ2n) is 3.86. The van der Waals surface area contributed by atoms with Gasteiger partial charge in [0.2, 0.25) is 0 Å². The summed E-state index contributed by atoms with van der Waals surface area (Å²) in [6, 6.07) is 3.05. The number of halogens is 1. The minimum Gasteiger partial charge on any atom is -0.504 e. The highest BCUT2D eigenvalue weighted by Crippen LogP contribution is 2.55. The van der Waals surface area contributed by atoms with Crippen LogP contribution in [0.15, 0.2) is 12.1 Å². The van der Waals surface area contributed by atoms with E-state index in [2.05, 4.69) is 0 Å². The predicted molar refractivity (Wildman–Crippen MR) is 58.2 cm³/mol. The zero-order chi connectivity index (χ0) is 11.9. The largest absolute Gasteiger partial charge is 0.504 e. The van der Waals surface area contributed by atoms with E-state index < -0.39 is 11.4 Å². The van der Waals surface area contributed by atoms with Crippen molar-refractivity contribution < 1.29 is 19.7 Å². The molecule has 0 bridgehead atoms. The van der Waals surface area contributed by atoms with Crippen LogP contribution in [0.2, 0.25) is 5.02 Å². The molecule has 16 heavy (non-hydrogen) atoms. The van der Waals surface area contributed by atoms with Crippen LogP contribution in [0.4, 0.5) is 0 Å². The first-order valence-corrected chi connectivity index (χ1v) is 5.20. The molecular weight excluding hydrogens is 232 g/mol. The molecule has 0 aromatic heterocycles. The van der Waals surface area contributed by atoms with Crippen molar-refractivity contribution in [3.8, 4) is 11.5 Å². The fourth-order valence-corrected chi connectivity index (χ4v) is 2.20. The van der Waals surface area contributed by atoms with E-state index >= 15 is 0 Å². The van der Waals surface area contributed by atoms with Crippen molar-refractivity contribution in [2.75, 3.05) is 7.11 Å². The number of methoxy groups -OCH3 is 1. The lowest BCUT2D eigenvalue weighted by Gasteiger charge is -2.16. The van der Waals surface area contributed by atoms with Gasteiger partial charge in [-0.3, -0.25) is 4.79 Å². The van der Waals surface area contributed by atoms with Crippen molar-refractivity contribution >= 4 is 17.6 Å². The molecule has 1 aliphatic carbocycles. The molecule has 1 aromatic carbocycles. The minimum absolute atomic E-state index is 0.171. The molecule has 2 rings (SSSR count). The molecule has 0 amide bonds. The molecule has 0 heterocycles. The number of carbonyl (C=O) groups is 1. The SMILES string of the molecule is COc1ccc(Cl)c(C2(C(=O)O)CC2)c1O. The zero-order valence-corrected chi connectivity index (χ0v) is 9.41. The normalized spacial score (nSPS) is 16.9. The Morgan fingerprint density at radius 3 is 2.56 bits per heavy atom. The van der Waals surface area contributed by atoms with E-state index in [9.17, 15) is 9.90 Å². The molecule has 0 unspecified atom stereocenters. The number of rotatable bonds is 3. The van der Waals surface area contributed by atoms with Crippen LogP contribution in [-0.2, 0) is 10.2 Å². The molecule has 2 N–H and O–H groups in total. The van der Waals surface area contributed by atoms with E-state index in [0.717, 1.165) is 0 Å². The molecule has 1 aromatic rings. The lowest BCUT2D eigenvalue weighted by atomic mass is 9.94. The van der Waals surface area contributed by atoms with Crippen molar-refractivity contribution in [2.45, 2.75) is 18.3 Å². The van der Waals surface area contributed by atoms with Crippen molar-refractivity contribution in [1.29, 1.82) is 0 Å². The summed E-state index contributed by atoms with van der Waals surface area (Å²) >= 11 is 5.95. The third-order valence-corrected chi connectivity index (χ3v) is 3.26. The third-order valence-electron chi connectivity index (χ3n) is 2.95. The first kappa shape index (κ1) is 11.1. The maximum Gasteiger partial charge on any atom is 0.314 e. The van der Waals surface area contributed by atoms with Gasteiger partial charge in [-0.15, -0.1) is 0 Å². The Kier molecular flexibility index (Phi) is 2.46. The average Bonchev–Trinajstić information content (AvgIpc) is 2.99. The molecule has 0 atom stereocenters. The van der Waals surface area contributed by atoms with E-state index in [1.54, 1.807) is 6.07 Å². The van der Waals surface area contributed by atoms with Gasteiger partial charge in [0, 0.05) is 10.6 Å². The van der Waals surface area contributed by atoms with Crippen molar-refractivity contribution in [3.63, 3.8) is 0 Å². The minimum atomic E-state index is -1.03. The van der Waals surface area contributed by atoms with E-state index in [1.807, 2.05) is 0 Å². The van der Waals surface area contributed by atoms with E-state index in [1.165, 1.54) is 13.2 Å². The summed E-state index contributed by atoms with van der Waals surface area (Å²) in [7, 11) is 1.41. The van der Waals surface area contributed by atoms with Crippen LogP contribution in [0.3, 0.4) is 0 Å². The number of ether oxygens (including phenoxy) is 1. The van der Waals surface area contributed by atoms with Crippen molar-refractivity contribution in [2.24, 2.45) is 0 Å². The third kappa shape index (κ3) is 1.41. The summed E-state index contributed by atoms with van der Waals surface area (Å²) in [6.07, 6.45) is 0.978. The Balaban J connectivity index is 2.60. The Bertz CT molecular complexity index is 452. The van der Waals surface area contributed by atoms with Crippen molar-refractivity contribution in [1.82, 2.24) is 0 Å². The molecule has 1 aliphatic rings. The molecule has 1 saturated carbocycles. The number of carboxylic acids is 1. The maximum atomic E-state index is 11.2. The van der Waals surface area contributed by atoms with E-state index in [4.69, 9.17) is 21.4 Å². The van der Waals surface area contributed by atoms with Gasteiger partial charge in [-0.25, -0.2) is 0 Å². The summed E-state index contributed by atoms with van der Waals surface area (Å²) < 4.78 is 4.94. The number of phenolic OH excluding ortho intramolecular Hbond substituents is 1. The summed E-state index contributed by atoms with van der Waals surface area (Å²) in [5.41, 5.74) is -0.767. The van der Waals surface area contributed by atoms with Gasteiger partial charge >= 0.3 is 5.97 Å². The van der Waals surface area contributed by atoms with Crippen LogP contribution < -0.4 is 4.74 Å². The zero-order valence-electron chi connectivity index (χ0n) is 8.66. The second kappa shape index (κ2) is 3.56. The van der Waals surface area contributed by atoms with Gasteiger partial charge in [-0.05, 0) is 25.0 Å². The Hall–Kier alpha value is -1.42. The molecule has 4 nitrogen and oxygen atoms in total. The summed E-state index contributed by atoms with van der Waals surface area (Å²) in [5, 5.41) is 19.3. The van der Waals surface area contributed by atoms with E-state index in [-0.39, 0.29) is 22.1 Å². The first-order valence-electron chi connectivity index (χ1n) is 4.82. The molecule has 0 radical (unpaired) electrons. The molecule has 0 saturated heterocycles. The topological polar surface area (TPSA) is 66.8 Å². The van der Waals surface area contributed by atoms with Crippen LogP contribution in [0.1, 0.15) is 18.4 Å². The standard InChI is InChI=1S/C11H11ClO4/c1-16-7-3-2-6(12)8(9(7)13)11(4-5-11)10(14)15/h2-3,13H,4-5H2,1H3,(H,14,15). The molecule has 0 aliphatic heterocycles. The van der Waals surface area contributed by atoms with E-state index in [0.29, 0.717) is 12.8 Å². The lowest BCUT2D eigenvalue weighted by Crippen LogP contribution is -2.20. The van der Waals surface area contributed by atoms with Gasteiger partial charge in [0.1, 0.15) is 0 Å². The van der Waals surface area contributed by atoms with Crippen LogP contribution >= 0.6 is 11.6 Å². The number of aliphatic carboxylic acids is 1. The summed E-state index contributed by atoms with van der Waals surface area (Å²) in [4.78, 5) is 11.2. The van der Waals surface area contributed by atoms with Crippen molar-refractivity contribution in [3.05, 3.63) is 22.7 Å². The Labute approximate surface area is 97.4 Å². The number of phenols is 1. The maximum absolute atomic E-state index is 11.2. The molecule has 5 heteroatoms. The highest BCUT2D eigenvalue weighted by Gasteiger charge is 2.54. The lowest BCUT2D eigenvalue weighted by molar-refractivity contribution is -0.140. The summed E-state index contributed by atoms with van der Waals surface area (Å²) in [5.74, 6) is -0.889. The number of aromatic hydroxyl groups is 1. The Morgan fingerprint density at radius 1 is 1.50 bits per heavy atom. The molecule has 1 fully saturated rings. The predicted octanol–water partition coefficient (Wildman–Crippen LogP) is 2.17. The van der Waals surface area contributed by atoms with Crippen LogP contribution in [-0.4, -0.2) is 23.3 Å². The molecule has 0 spiro atoms. The van der Waals surface area contributed by atoms with Crippen LogP contribution in [0.25, 0.3) is 0 Å². The Morgan fingerprint density at radius 2 is 2.12 bits per heavy atom. The van der Waals surface area contributed by atoms with Gasteiger partial charge in [0.05, 0.1) is 12.5 Å². The van der Waals surface area contributed by atoms with Gasteiger partial charge < -0.3 is 14.9 Å². The number of hydrogen-bond acceptors (Lipinski definition) is 3. The molecular formula is C11H11ClO4. The molecule has 86 valence electrons. The van der Waals surface area contributed by atoms with Gasteiger partial charge in [-0.2, -0.15) is 0 Å². The van der Waals surface area contributed by atoms with Crippen LogP contribution in [0.5, 0.6) is 11.5 Å². The average molecular weight is 243 g/mol.